The molecule has 1 heterocycles. The fourth-order valence-electron chi connectivity index (χ4n) is 2.08. The summed E-state index contributed by atoms with van der Waals surface area (Å²) in [6.45, 7) is 1.94. The highest BCUT2D eigenvalue weighted by atomic mass is 32.2. The van der Waals surface area contributed by atoms with Crippen LogP contribution in [-0.2, 0) is 21.0 Å². The quantitative estimate of drug-likeness (QED) is 0.790. The van der Waals surface area contributed by atoms with Gasteiger partial charge in [-0.1, -0.05) is 12.1 Å². The Hall–Kier alpha value is -2.21. The van der Waals surface area contributed by atoms with Gasteiger partial charge in [-0.15, -0.1) is 0 Å². The van der Waals surface area contributed by atoms with Gasteiger partial charge in [0.1, 0.15) is 0 Å². The van der Waals surface area contributed by atoms with E-state index in [0.29, 0.717) is 12.0 Å². The number of hydrogen-bond acceptors (Lipinski definition) is 5. The minimum Gasteiger partial charge on any atom is -0.462 e. The van der Waals surface area contributed by atoms with Crippen molar-refractivity contribution < 1.29 is 17.9 Å². The van der Waals surface area contributed by atoms with Gasteiger partial charge >= 0.3 is 5.97 Å². The number of nitrogens with zero attached hydrogens (tertiary/aromatic N) is 1. The van der Waals surface area contributed by atoms with Crippen molar-refractivity contribution in [3.63, 3.8) is 0 Å². The smallest absolute Gasteiger partial charge is 0.338 e. The number of rotatable bonds is 5. The Morgan fingerprint density at radius 3 is 2.59 bits per heavy atom. The van der Waals surface area contributed by atoms with Gasteiger partial charge in [-0.05, 0) is 36.8 Å². The summed E-state index contributed by atoms with van der Waals surface area (Å²) in [6, 6.07) is 10.0. The number of aromatic nitrogens is 1. The van der Waals surface area contributed by atoms with Crippen LogP contribution in [0.2, 0.25) is 0 Å². The van der Waals surface area contributed by atoms with Crippen LogP contribution in [0, 0.1) is 0 Å². The van der Waals surface area contributed by atoms with Crippen molar-refractivity contribution in [3.05, 3.63) is 59.4 Å². The third-order valence-electron chi connectivity index (χ3n) is 3.08. The number of ether oxygens (including phenoxy) is 1. The van der Waals surface area contributed by atoms with Gasteiger partial charge in [0.25, 0.3) is 0 Å². The molecule has 0 amide bonds. The van der Waals surface area contributed by atoms with Crippen LogP contribution in [0.15, 0.2) is 47.5 Å². The third kappa shape index (κ3) is 3.92. The zero-order chi connectivity index (χ0) is 16.2. The highest BCUT2D eigenvalue weighted by Gasteiger charge is 2.17. The molecule has 0 spiro atoms. The molecule has 0 saturated heterocycles. The normalized spacial score (nSPS) is 11.2. The zero-order valence-corrected chi connectivity index (χ0v) is 13.3. The van der Waals surface area contributed by atoms with E-state index in [1.165, 1.54) is 6.07 Å². The molecular formula is C16H17NO4S. The Labute approximate surface area is 129 Å². The molecule has 0 saturated carbocycles. The van der Waals surface area contributed by atoms with Crippen molar-refractivity contribution in [1.82, 2.24) is 4.98 Å². The Balaban J connectivity index is 2.44. The molecule has 0 bridgehead atoms. The molecule has 1 aromatic carbocycles. The summed E-state index contributed by atoms with van der Waals surface area (Å²) >= 11 is 0. The molecule has 0 N–H and O–H groups in total. The van der Waals surface area contributed by atoms with Crippen molar-refractivity contribution in [1.29, 1.82) is 0 Å². The fraction of sp³-hybridized carbons (Fsp3) is 0.250. The highest BCUT2D eigenvalue weighted by molar-refractivity contribution is 7.90. The molecule has 0 radical (unpaired) electrons. The summed E-state index contributed by atoms with van der Waals surface area (Å²) in [7, 11) is -3.46. The molecule has 0 aliphatic carbocycles. The average Bonchev–Trinajstić information content (AvgIpc) is 2.48. The number of carbonyl (C=O) groups excluding carboxylic acids is 1. The van der Waals surface area contributed by atoms with Gasteiger partial charge in [0.2, 0.25) is 0 Å². The zero-order valence-electron chi connectivity index (χ0n) is 12.4. The third-order valence-corrected chi connectivity index (χ3v) is 4.25. The van der Waals surface area contributed by atoms with Crippen molar-refractivity contribution in [3.8, 4) is 0 Å². The Morgan fingerprint density at radius 2 is 2.00 bits per heavy atom. The molecule has 116 valence electrons. The summed E-state index contributed by atoms with van der Waals surface area (Å²) < 4.78 is 28.9. The molecule has 0 aliphatic rings. The van der Waals surface area contributed by atoms with E-state index in [4.69, 9.17) is 4.74 Å². The predicted molar refractivity (Wildman–Crippen MR) is 82.6 cm³/mol. The van der Waals surface area contributed by atoms with E-state index in [-0.39, 0.29) is 17.1 Å². The van der Waals surface area contributed by atoms with Gasteiger partial charge in [-0.3, -0.25) is 4.98 Å². The maximum atomic E-state index is 12.0. The van der Waals surface area contributed by atoms with Gasteiger partial charge in [-0.2, -0.15) is 0 Å². The monoisotopic (exact) mass is 319 g/mol. The second-order valence-electron chi connectivity index (χ2n) is 4.81. The number of benzene rings is 1. The summed E-state index contributed by atoms with van der Waals surface area (Å²) in [5.74, 6) is -0.531. The van der Waals surface area contributed by atoms with E-state index in [0.717, 1.165) is 11.9 Å². The van der Waals surface area contributed by atoms with E-state index in [2.05, 4.69) is 4.98 Å². The van der Waals surface area contributed by atoms with E-state index < -0.39 is 15.8 Å². The summed E-state index contributed by atoms with van der Waals surface area (Å²) in [5.41, 5.74) is 1.59. The lowest BCUT2D eigenvalue weighted by molar-refractivity contribution is 0.0526. The lowest BCUT2D eigenvalue weighted by atomic mass is 10.1. The predicted octanol–water partition coefficient (Wildman–Crippen LogP) is 2.25. The first kappa shape index (κ1) is 16.2. The van der Waals surface area contributed by atoms with E-state index in [1.807, 2.05) is 12.1 Å². The fourth-order valence-corrected chi connectivity index (χ4v) is 3.04. The van der Waals surface area contributed by atoms with Gasteiger partial charge in [0.15, 0.2) is 9.84 Å². The summed E-state index contributed by atoms with van der Waals surface area (Å²) in [6.07, 6.45) is 3.16. The number of pyridine rings is 1. The van der Waals surface area contributed by atoms with Gasteiger partial charge in [-0.25, -0.2) is 13.2 Å². The minimum absolute atomic E-state index is 0.128. The van der Waals surface area contributed by atoms with Crippen LogP contribution >= 0.6 is 0 Å². The second kappa shape index (κ2) is 6.70. The van der Waals surface area contributed by atoms with Crippen molar-refractivity contribution >= 4 is 15.8 Å². The SMILES string of the molecule is CCOC(=O)c1ccc(Cc2ccccn2)c(S(C)(=O)=O)c1. The first-order valence-electron chi connectivity index (χ1n) is 6.82. The van der Waals surface area contributed by atoms with Gasteiger partial charge in [0, 0.05) is 24.6 Å². The Morgan fingerprint density at radius 1 is 1.23 bits per heavy atom. The lowest BCUT2D eigenvalue weighted by Gasteiger charge is -2.10. The number of esters is 1. The summed E-state index contributed by atoms with van der Waals surface area (Å²) in [4.78, 5) is 16.1. The molecule has 0 unspecified atom stereocenters. The molecule has 0 atom stereocenters. The first-order valence-corrected chi connectivity index (χ1v) is 8.71. The van der Waals surface area contributed by atoms with Crippen LogP contribution in [0.25, 0.3) is 0 Å². The molecule has 5 nitrogen and oxygen atoms in total. The topological polar surface area (TPSA) is 73.3 Å². The lowest BCUT2D eigenvalue weighted by Crippen LogP contribution is -2.09. The van der Waals surface area contributed by atoms with Crippen molar-refractivity contribution in [2.24, 2.45) is 0 Å². The van der Waals surface area contributed by atoms with Crippen LogP contribution in [-0.4, -0.2) is 32.2 Å². The molecule has 0 fully saturated rings. The first-order chi connectivity index (χ1) is 10.4. The van der Waals surface area contributed by atoms with Crippen molar-refractivity contribution in [2.75, 3.05) is 12.9 Å². The number of sulfone groups is 1. The van der Waals surface area contributed by atoms with Crippen LogP contribution in [0.4, 0.5) is 0 Å². The molecule has 2 aromatic rings. The van der Waals surface area contributed by atoms with Gasteiger partial charge in [0.05, 0.1) is 17.1 Å². The molecule has 22 heavy (non-hydrogen) atoms. The molecule has 1 aromatic heterocycles. The maximum Gasteiger partial charge on any atom is 0.338 e. The van der Waals surface area contributed by atoms with Crippen LogP contribution < -0.4 is 0 Å². The van der Waals surface area contributed by atoms with Crippen LogP contribution in [0.1, 0.15) is 28.5 Å². The minimum atomic E-state index is -3.46. The summed E-state index contributed by atoms with van der Waals surface area (Å²) in [5, 5.41) is 0. The second-order valence-corrected chi connectivity index (χ2v) is 6.80. The molecule has 2 rings (SSSR count). The van der Waals surface area contributed by atoms with E-state index >= 15 is 0 Å². The van der Waals surface area contributed by atoms with Crippen LogP contribution in [0.3, 0.4) is 0 Å². The molecule has 0 aliphatic heterocycles. The highest BCUT2D eigenvalue weighted by Crippen LogP contribution is 2.21. The van der Waals surface area contributed by atoms with E-state index in [1.54, 1.807) is 31.3 Å². The van der Waals surface area contributed by atoms with Gasteiger partial charge < -0.3 is 4.74 Å². The average molecular weight is 319 g/mol. The maximum absolute atomic E-state index is 12.0. The molecule has 6 heteroatoms. The Kier molecular flexibility index (Phi) is 4.92. The number of hydrogen-bond donors (Lipinski definition) is 0. The van der Waals surface area contributed by atoms with E-state index in [9.17, 15) is 13.2 Å². The van der Waals surface area contributed by atoms with Crippen molar-refractivity contribution in [2.45, 2.75) is 18.2 Å². The standard InChI is InChI=1S/C16H17NO4S/c1-3-21-16(18)13-8-7-12(15(11-13)22(2,19)20)10-14-6-4-5-9-17-14/h4-9,11H,3,10H2,1-2H3. The van der Waals surface area contributed by atoms with Crippen LogP contribution in [0.5, 0.6) is 0 Å². The number of carbonyl (C=O) groups is 1. The molecular weight excluding hydrogens is 302 g/mol. The largest absolute Gasteiger partial charge is 0.462 e. The Bertz CT molecular complexity index is 770.